The zero-order valence-electron chi connectivity index (χ0n) is 19.5. The fourth-order valence-corrected chi connectivity index (χ4v) is 5.31. The van der Waals surface area contributed by atoms with E-state index in [4.69, 9.17) is 0 Å². The molecule has 5 rings (SSSR count). The number of carbonyl (C=O) groups excluding carboxylic acids is 3. The molecule has 2 heterocycles. The van der Waals surface area contributed by atoms with Crippen LogP contribution < -0.4 is 15.1 Å². The van der Waals surface area contributed by atoms with Crippen LogP contribution in [0.5, 0.6) is 0 Å². The summed E-state index contributed by atoms with van der Waals surface area (Å²) in [7, 11) is 0. The van der Waals surface area contributed by atoms with Gasteiger partial charge in [0.15, 0.2) is 0 Å². The number of hydrogen-bond donors (Lipinski definition) is 1. The van der Waals surface area contributed by atoms with Gasteiger partial charge in [-0.1, -0.05) is 46.3 Å². The van der Waals surface area contributed by atoms with E-state index in [0.717, 1.165) is 4.47 Å². The average Bonchev–Trinajstić information content (AvgIpc) is 3.08. The zero-order chi connectivity index (χ0) is 24.7. The summed E-state index contributed by atoms with van der Waals surface area (Å²) in [6, 6.07) is 21.8. The minimum absolute atomic E-state index is 0.114. The number of para-hydroxylation sites is 2. The van der Waals surface area contributed by atoms with Crippen LogP contribution >= 0.6 is 15.9 Å². The lowest BCUT2D eigenvalue weighted by Gasteiger charge is -2.45. The van der Waals surface area contributed by atoms with E-state index in [-0.39, 0.29) is 24.3 Å². The maximum Gasteiger partial charge on any atom is 0.279 e. The van der Waals surface area contributed by atoms with E-state index in [0.29, 0.717) is 41.3 Å². The molecule has 178 valence electrons. The number of benzene rings is 3. The Hall–Kier alpha value is -3.65. The largest absolute Gasteiger partial charge is 0.350 e. The average molecular weight is 533 g/mol. The zero-order valence-corrected chi connectivity index (χ0v) is 21.1. The number of hydrogen-bond acceptors (Lipinski definition) is 4. The van der Waals surface area contributed by atoms with E-state index in [2.05, 4.69) is 21.2 Å². The normalized spacial score (nSPS) is 18.4. The molecule has 0 saturated carbocycles. The lowest BCUT2D eigenvalue weighted by molar-refractivity contribution is -0.131. The first-order valence-corrected chi connectivity index (χ1v) is 12.4. The molecule has 35 heavy (non-hydrogen) atoms. The predicted octanol–water partition coefficient (Wildman–Crippen LogP) is 4.59. The molecular weight excluding hydrogens is 508 g/mol. The van der Waals surface area contributed by atoms with Gasteiger partial charge in [-0.2, -0.15) is 0 Å². The molecule has 0 aromatic heterocycles. The van der Waals surface area contributed by atoms with Gasteiger partial charge in [0.2, 0.25) is 11.6 Å². The van der Waals surface area contributed by atoms with Gasteiger partial charge in [-0.25, -0.2) is 0 Å². The lowest BCUT2D eigenvalue weighted by atomic mass is 9.92. The maximum atomic E-state index is 14.4. The van der Waals surface area contributed by atoms with Crippen LogP contribution in [0.4, 0.5) is 17.1 Å². The van der Waals surface area contributed by atoms with Crippen molar-refractivity contribution in [3.63, 3.8) is 0 Å². The Morgan fingerprint density at radius 1 is 0.971 bits per heavy atom. The summed E-state index contributed by atoms with van der Waals surface area (Å²) in [5.74, 6) is -0.817. The van der Waals surface area contributed by atoms with Crippen molar-refractivity contribution in [1.82, 2.24) is 4.90 Å². The number of anilines is 3. The molecule has 8 heteroatoms. The summed E-state index contributed by atoms with van der Waals surface area (Å²) in [5.41, 5.74) is 1.28. The molecule has 2 aliphatic rings. The lowest BCUT2D eigenvalue weighted by Crippen LogP contribution is -2.63. The number of amides is 3. The first-order chi connectivity index (χ1) is 16.9. The summed E-state index contributed by atoms with van der Waals surface area (Å²) in [6.07, 6.45) is 0. The van der Waals surface area contributed by atoms with Crippen LogP contribution in [0.1, 0.15) is 29.8 Å². The summed E-state index contributed by atoms with van der Waals surface area (Å²) >= 11 is 3.54. The van der Waals surface area contributed by atoms with Gasteiger partial charge in [0.1, 0.15) is 6.54 Å². The van der Waals surface area contributed by atoms with E-state index < -0.39 is 5.66 Å². The molecule has 0 unspecified atom stereocenters. The molecule has 1 atom stereocenters. The van der Waals surface area contributed by atoms with Crippen molar-refractivity contribution in [3.8, 4) is 0 Å². The Balaban J connectivity index is 1.73. The minimum atomic E-state index is -1.55. The van der Waals surface area contributed by atoms with Gasteiger partial charge in [0.05, 0.1) is 11.3 Å². The highest BCUT2D eigenvalue weighted by Gasteiger charge is 2.60. The van der Waals surface area contributed by atoms with Crippen LogP contribution in [0, 0.1) is 0 Å². The SMILES string of the molecule is CCN(CC)C(=O)CN1C(=O)[C@@]2(Nc3ccccc3C(=O)N2c2ccccc2)c2cc(Br)ccc21. The number of rotatable bonds is 5. The van der Waals surface area contributed by atoms with Crippen LogP contribution in [-0.2, 0) is 15.3 Å². The van der Waals surface area contributed by atoms with Crippen molar-refractivity contribution in [2.24, 2.45) is 0 Å². The number of carbonyl (C=O) groups is 3. The monoisotopic (exact) mass is 532 g/mol. The topological polar surface area (TPSA) is 73.0 Å². The second-order valence-electron chi connectivity index (χ2n) is 8.48. The van der Waals surface area contributed by atoms with Gasteiger partial charge >= 0.3 is 0 Å². The predicted molar refractivity (Wildman–Crippen MR) is 139 cm³/mol. The highest BCUT2D eigenvalue weighted by molar-refractivity contribution is 9.10. The third-order valence-corrected chi connectivity index (χ3v) is 7.12. The smallest absolute Gasteiger partial charge is 0.279 e. The Morgan fingerprint density at radius 3 is 2.37 bits per heavy atom. The molecule has 3 amide bonds. The number of fused-ring (bicyclic) bond motifs is 3. The highest BCUT2D eigenvalue weighted by atomic mass is 79.9. The quantitative estimate of drug-likeness (QED) is 0.521. The molecule has 1 N–H and O–H groups in total. The standard InChI is InChI=1S/C27H25BrN4O3/c1-3-30(4-2)24(33)17-31-23-15-14-18(28)16-21(23)27(26(31)35)29-22-13-9-8-12-20(22)25(34)32(27)19-10-6-5-7-11-19/h5-16,29H,3-4,17H2,1-2H3/t27-/m1/s1. The molecule has 0 fully saturated rings. The van der Waals surface area contributed by atoms with Crippen molar-refractivity contribution < 1.29 is 14.4 Å². The van der Waals surface area contributed by atoms with Gasteiger partial charge in [0.25, 0.3) is 11.8 Å². The van der Waals surface area contributed by atoms with E-state index in [1.54, 1.807) is 23.1 Å². The fourth-order valence-electron chi connectivity index (χ4n) is 4.95. The number of halogens is 1. The number of likely N-dealkylation sites (N-methyl/N-ethyl adjacent to an activating group) is 1. The van der Waals surface area contributed by atoms with Crippen molar-refractivity contribution in [2.45, 2.75) is 19.5 Å². The molecule has 2 aliphatic heterocycles. The van der Waals surface area contributed by atoms with Crippen LogP contribution in [0.2, 0.25) is 0 Å². The Kier molecular flexibility index (Phi) is 5.84. The number of nitrogens with one attached hydrogen (secondary N) is 1. The highest BCUT2D eigenvalue weighted by Crippen LogP contribution is 2.50. The fraction of sp³-hybridized carbons (Fsp3) is 0.222. The van der Waals surface area contributed by atoms with Crippen molar-refractivity contribution in [3.05, 3.63) is 88.4 Å². The van der Waals surface area contributed by atoms with E-state index in [1.807, 2.05) is 68.4 Å². The second-order valence-corrected chi connectivity index (χ2v) is 9.39. The van der Waals surface area contributed by atoms with Gasteiger partial charge in [-0.05, 0) is 56.3 Å². The van der Waals surface area contributed by atoms with Crippen LogP contribution in [-0.4, -0.2) is 42.3 Å². The molecule has 3 aromatic rings. The molecule has 0 radical (unpaired) electrons. The third kappa shape index (κ3) is 3.51. The van der Waals surface area contributed by atoms with Gasteiger partial charge in [0, 0.05) is 34.5 Å². The van der Waals surface area contributed by atoms with Crippen molar-refractivity contribution >= 4 is 50.7 Å². The Labute approximate surface area is 212 Å². The molecule has 0 bridgehead atoms. The molecule has 1 spiro atoms. The number of nitrogens with zero attached hydrogens (tertiary/aromatic N) is 3. The van der Waals surface area contributed by atoms with Crippen LogP contribution in [0.3, 0.4) is 0 Å². The summed E-state index contributed by atoms with van der Waals surface area (Å²) in [4.78, 5) is 46.2. The van der Waals surface area contributed by atoms with E-state index in [9.17, 15) is 14.4 Å². The molecular formula is C27H25BrN4O3. The molecule has 0 saturated heterocycles. The van der Waals surface area contributed by atoms with Crippen molar-refractivity contribution in [2.75, 3.05) is 34.8 Å². The summed E-state index contributed by atoms with van der Waals surface area (Å²) in [6.45, 7) is 4.81. The second kappa shape index (κ2) is 8.85. The van der Waals surface area contributed by atoms with Crippen molar-refractivity contribution in [1.29, 1.82) is 0 Å². The molecule has 0 aliphatic carbocycles. The molecule has 7 nitrogen and oxygen atoms in total. The first kappa shape index (κ1) is 23.1. The van der Waals surface area contributed by atoms with Crippen LogP contribution in [0.25, 0.3) is 0 Å². The summed E-state index contributed by atoms with van der Waals surface area (Å²) in [5, 5.41) is 3.41. The Morgan fingerprint density at radius 2 is 1.66 bits per heavy atom. The van der Waals surface area contributed by atoms with Crippen LogP contribution in [0.15, 0.2) is 77.3 Å². The first-order valence-electron chi connectivity index (χ1n) is 11.6. The summed E-state index contributed by atoms with van der Waals surface area (Å²) < 4.78 is 0.765. The third-order valence-electron chi connectivity index (χ3n) is 6.63. The van der Waals surface area contributed by atoms with Gasteiger partial charge < -0.3 is 10.2 Å². The van der Waals surface area contributed by atoms with Gasteiger partial charge in [-0.3, -0.25) is 24.2 Å². The minimum Gasteiger partial charge on any atom is -0.350 e. The Bertz CT molecular complexity index is 1330. The maximum absolute atomic E-state index is 14.4. The molecule has 3 aromatic carbocycles. The van der Waals surface area contributed by atoms with E-state index >= 15 is 0 Å². The van der Waals surface area contributed by atoms with Gasteiger partial charge in [-0.15, -0.1) is 0 Å². The van der Waals surface area contributed by atoms with E-state index in [1.165, 1.54) is 9.80 Å².